The van der Waals surface area contributed by atoms with Gasteiger partial charge >= 0.3 is 0 Å². The van der Waals surface area contributed by atoms with Gasteiger partial charge in [0.15, 0.2) is 5.79 Å². The van der Waals surface area contributed by atoms with E-state index in [0.717, 1.165) is 19.3 Å². The van der Waals surface area contributed by atoms with Crippen LogP contribution in [0.5, 0.6) is 0 Å². The lowest BCUT2D eigenvalue weighted by Gasteiger charge is -2.43. The maximum atomic E-state index is 9.69. The van der Waals surface area contributed by atoms with Gasteiger partial charge in [0.25, 0.3) is 0 Å². The third-order valence-electron chi connectivity index (χ3n) is 2.69. The summed E-state index contributed by atoms with van der Waals surface area (Å²) in [5.74, 6) is -0.901. The van der Waals surface area contributed by atoms with Crippen molar-refractivity contribution in [2.75, 3.05) is 0 Å². The van der Waals surface area contributed by atoms with Crippen LogP contribution in [0.4, 0.5) is 0 Å². The second kappa shape index (κ2) is 2.44. The first-order valence-corrected chi connectivity index (χ1v) is 4.28. The van der Waals surface area contributed by atoms with Crippen LogP contribution < -0.4 is 0 Å². The maximum Gasteiger partial charge on any atom is 0.166 e. The van der Waals surface area contributed by atoms with E-state index in [2.05, 4.69) is 0 Å². The Kier molecular flexibility index (Phi) is 1.67. The minimum absolute atomic E-state index is 0.109. The number of hydrogen-bond acceptors (Lipinski definition) is 3. The van der Waals surface area contributed by atoms with Crippen molar-refractivity contribution in [2.45, 2.75) is 50.1 Å². The molecule has 0 aromatic heterocycles. The van der Waals surface area contributed by atoms with Gasteiger partial charge in [-0.1, -0.05) is 0 Å². The Morgan fingerprint density at radius 1 is 1.27 bits per heavy atom. The lowest BCUT2D eigenvalue weighted by Crippen LogP contribution is -2.50. The second-order valence-corrected chi connectivity index (χ2v) is 3.60. The molecule has 0 radical (unpaired) electrons. The van der Waals surface area contributed by atoms with Crippen molar-refractivity contribution in [1.82, 2.24) is 0 Å². The third kappa shape index (κ3) is 1.28. The topological polar surface area (TPSA) is 49.7 Å². The van der Waals surface area contributed by atoms with E-state index in [1.807, 2.05) is 0 Å². The summed E-state index contributed by atoms with van der Waals surface area (Å²) in [5.41, 5.74) is 0. The molecule has 11 heavy (non-hydrogen) atoms. The predicted octanol–water partition coefficient (Wildman–Crippen LogP) is 0.399. The molecule has 2 rings (SSSR count). The first kappa shape index (κ1) is 7.53. The van der Waals surface area contributed by atoms with Crippen LogP contribution in [0.2, 0.25) is 0 Å². The first-order valence-electron chi connectivity index (χ1n) is 4.28. The number of rotatable bonds is 0. The lowest BCUT2D eigenvalue weighted by molar-refractivity contribution is -0.297. The van der Waals surface area contributed by atoms with Gasteiger partial charge in [0.1, 0.15) is 0 Å². The largest absolute Gasteiger partial charge is 0.390 e. The standard InChI is InChI=1S/C8H14O3/c9-6-3-5-8(10)4-1-2-7(6)11-8/h6-7,9-10H,1-5H2. The average molecular weight is 158 g/mol. The van der Waals surface area contributed by atoms with Crippen LogP contribution in [-0.2, 0) is 4.74 Å². The Labute approximate surface area is 66.0 Å². The Bertz CT molecular complexity index is 159. The van der Waals surface area contributed by atoms with Gasteiger partial charge < -0.3 is 14.9 Å². The molecule has 2 aliphatic rings. The van der Waals surface area contributed by atoms with Crippen molar-refractivity contribution in [3.8, 4) is 0 Å². The summed E-state index contributed by atoms with van der Waals surface area (Å²) >= 11 is 0. The minimum Gasteiger partial charge on any atom is -0.390 e. The van der Waals surface area contributed by atoms with E-state index in [1.165, 1.54) is 0 Å². The maximum absolute atomic E-state index is 9.69. The number of aliphatic hydroxyl groups is 2. The van der Waals surface area contributed by atoms with E-state index in [0.29, 0.717) is 12.8 Å². The summed E-state index contributed by atoms with van der Waals surface area (Å²) < 4.78 is 5.33. The van der Waals surface area contributed by atoms with Gasteiger partial charge in [-0.3, -0.25) is 0 Å². The molecule has 0 spiro atoms. The van der Waals surface area contributed by atoms with Crippen LogP contribution in [0, 0.1) is 0 Å². The van der Waals surface area contributed by atoms with E-state index < -0.39 is 5.79 Å². The zero-order valence-electron chi connectivity index (χ0n) is 6.49. The Hall–Kier alpha value is -0.120. The molecule has 0 amide bonds. The summed E-state index contributed by atoms with van der Waals surface area (Å²) in [7, 11) is 0. The highest BCUT2D eigenvalue weighted by Gasteiger charge is 2.42. The number of ether oxygens (including phenoxy) is 1. The second-order valence-electron chi connectivity index (χ2n) is 3.60. The van der Waals surface area contributed by atoms with E-state index in [4.69, 9.17) is 4.74 Å². The zero-order valence-corrected chi connectivity index (χ0v) is 6.49. The van der Waals surface area contributed by atoms with Crippen molar-refractivity contribution in [3.63, 3.8) is 0 Å². The molecule has 3 atom stereocenters. The van der Waals surface area contributed by atoms with Crippen LogP contribution >= 0.6 is 0 Å². The zero-order chi connectivity index (χ0) is 7.90. The molecule has 3 heteroatoms. The van der Waals surface area contributed by atoms with E-state index in [1.54, 1.807) is 0 Å². The monoisotopic (exact) mass is 158 g/mol. The fourth-order valence-corrected chi connectivity index (χ4v) is 1.99. The van der Waals surface area contributed by atoms with Crippen LogP contribution in [0.25, 0.3) is 0 Å². The summed E-state index contributed by atoms with van der Waals surface area (Å²) in [4.78, 5) is 0. The highest BCUT2D eigenvalue weighted by molar-refractivity contribution is 4.86. The molecule has 3 unspecified atom stereocenters. The van der Waals surface area contributed by atoms with Gasteiger partial charge in [-0.2, -0.15) is 0 Å². The molecule has 64 valence electrons. The summed E-state index contributed by atoms with van der Waals surface area (Å²) in [6.45, 7) is 0. The average Bonchev–Trinajstić information content (AvgIpc) is 1.99. The SMILES string of the molecule is OC1CCC2(O)CCCC1O2. The molecular weight excluding hydrogens is 144 g/mol. The normalized spacial score (nSPS) is 50.7. The molecule has 0 aromatic rings. The lowest BCUT2D eigenvalue weighted by atomic mass is 9.87. The van der Waals surface area contributed by atoms with Gasteiger partial charge in [0, 0.05) is 12.8 Å². The molecule has 2 bridgehead atoms. The van der Waals surface area contributed by atoms with Crippen LogP contribution in [-0.4, -0.2) is 28.2 Å². The van der Waals surface area contributed by atoms with Gasteiger partial charge in [0.05, 0.1) is 12.2 Å². The van der Waals surface area contributed by atoms with Crippen LogP contribution in [0.1, 0.15) is 32.1 Å². The molecular formula is C8H14O3. The van der Waals surface area contributed by atoms with E-state index in [9.17, 15) is 10.2 Å². The Balaban J connectivity index is 2.09. The summed E-state index contributed by atoms with van der Waals surface area (Å²) in [6, 6.07) is 0. The van der Waals surface area contributed by atoms with E-state index >= 15 is 0 Å². The third-order valence-corrected chi connectivity index (χ3v) is 2.69. The van der Waals surface area contributed by atoms with Crippen LogP contribution in [0.3, 0.4) is 0 Å². The number of hydrogen-bond donors (Lipinski definition) is 2. The van der Waals surface area contributed by atoms with Gasteiger partial charge in [-0.25, -0.2) is 0 Å². The Morgan fingerprint density at radius 3 is 2.82 bits per heavy atom. The molecule has 2 fully saturated rings. The van der Waals surface area contributed by atoms with Crippen molar-refractivity contribution in [1.29, 1.82) is 0 Å². The molecule has 2 N–H and O–H groups in total. The predicted molar refractivity (Wildman–Crippen MR) is 38.9 cm³/mol. The van der Waals surface area contributed by atoms with Crippen molar-refractivity contribution in [2.24, 2.45) is 0 Å². The molecule has 2 heterocycles. The Morgan fingerprint density at radius 2 is 2.09 bits per heavy atom. The number of aliphatic hydroxyl groups excluding tert-OH is 1. The molecule has 0 aliphatic carbocycles. The highest BCUT2D eigenvalue weighted by atomic mass is 16.6. The van der Waals surface area contributed by atoms with Gasteiger partial charge in [-0.15, -0.1) is 0 Å². The van der Waals surface area contributed by atoms with Gasteiger partial charge in [0.2, 0.25) is 0 Å². The fourth-order valence-electron chi connectivity index (χ4n) is 1.99. The number of fused-ring (bicyclic) bond motifs is 2. The van der Waals surface area contributed by atoms with E-state index in [-0.39, 0.29) is 12.2 Å². The molecule has 2 aliphatic heterocycles. The summed E-state index contributed by atoms with van der Waals surface area (Å²) in [5, 5.41) is 19.1. The molecule has 3 nitrogen and oxygen atoms in total. The van der Waals surface area contributed by atoms with Crippen LogP contribution in [0.15, 0.2) is 0 Å². The smallest absolute Gasteiger partial charge is 0.166 e. The van der Waals surface area contributed by atoms with Crippen molar-refractivity contribution < 1.29 is 14.9 Å². The fraction of sp³-hybridized carbons (Fsp3) is 1.00. The minimum atomic E-state index is -0.901. The van der Waals surface area contributed by atoms with Crippen molar-refractivity contribution in [3.05, 3.63) is 0 Å². The van der Waals surface area contributed by atoms with Gasteiger partial charge in [-0.05, 0) is 19.3 Å². The molecule has 2 saturated heterocycles. The molecule has 0 aromatic carbocycles. The quantitative estimate of drug-likeness (QED) is 0.536. The molecule has 0 saturated carbocycles. The summed E-state index contributed by atoms with van der Waals surface area (Å²) in [6.07, 6.45) is 3.40. The van der Waals surface area contributed by atoms with Crippen molar-refractivity contribution >= 4 is 0 Å². The highest BCUT2D eigenvalue weighted by Crippen LogP contribution is 2.37. The first-order chi connectivity index (χ1) is 5.20.